The summed E-state index contributed by atoms with van der Waals surface area (Å²) in [5.41, 5.74) is 7.00. The van der Waals surface area contributed by atoms with Gasteiger partial charge in [-0.1, -0.05) is 70.2 Å². The first-order valence-corrected chi connectivity index (χ1v) is 9.98. The third kappa shape index (κ3) is 3.07. The quantitative estimate of drug-likeness (QED) is 0.623. The van der Waals surface area contributed by atoms with Crippen LogP contribution in [0.4, 0.5) is 0 Å². The van der Waals surface area contributed by atoms with E-state index in [9.17, 15) is 0 Å². The summed E-state index contributed by atoms with van der Waals surface area (Å²) in [6.07, 6.45) is 1.13. The lowest BCUT2D eigenvalue weighted by Crippen LogP contribution is -2.38. The summed E-state index contributed by atoms with van der Waals surface area (Å²) in [6, 6.07) is 18.4. The standard InChI is InChI=1S/C24H30N2/c1-16(2)15-26-14-13-21-20-7-5-6-8-22(20)25-23(21)24(26)19-11-9-18(10-12-19)17(3)4/h5-12,16-17,24-25H,13-15H2,1-4H3. The molecule has 0 saturated heterocycles. The van der Waals surface area contributed by atoms with Gasteiger partial charge in [-0.3, -0.25) is 4.90 Å². The van der Waals surface area contributed by atoms with Gasteiger partial charge in [-0.15, -0.1) is 0 Å². The molecule has 2 nitrogen and oxygen atoms in total. The van der Waals surface area contributed by atoms with Gasteiger partial charge >= 0.3 is 0 Å². The summed E-state index contributed by atoms with van der Waals surface area (Å²) >= 11 is 0. The number of nitrogens with one attached hydrogen (secondary N) is 1. The predicted molar refractivity (Wildman–Crippen MR) is 111 cm³/mol. The molecule has 0 bridgehead atoms. The average molecular weight is 347 g/mol. The number of hydrogen-bond donors (Lipinski definition) is 1. The van der Waals surface area contributed by atoms with Gasteiger partial charge in [0.15, 0.2) is 0 Å². The van der Waals surface area contributed by atoms with Gasteiger partial charge in [0.1, 0.15) is 0 Å². The highest BCUT2D eigenvalue weighted by Gasteiger charge is 2.31. The van der Waals surface area contributed by atoms with Crippen LogP contribution in [0.5, 0.6) is 0 Å². The average Bonchev–Trinajstić information content (AvgIpc) is 2.99. The summed E-state index contributed by atoms with van der Waals surface area (Å²) in [4.78, 5) is 6.42. The smallest absolute Gasteiger partial charge is 0.0757 e. The van der Waals surface area contributed by atoms with Crippen molar-refractivity contribution < 1.29 is 0 Å². The van der Waals surface area contributed by atoms with Crippen molar-refractivity contribution in [2.75, 3.05) is 13.1 Å². The Morgan fingerprint density at radius 1 is 1.00 bits per heavy atom. The number of para-hydroxylation sites is 1. The zero-order valence-electron chi connectivity index (χ0n) is 16.4. The fourth-order valence-electron chi connectivity index (χ4n) is 4.40. The number of nitrogens with zero attached hydrogens (tertiary/aromatic N) is 1. The number of fused-ring (bicyclic) bond motifs is 3. The number of hydrogen-bond acceptors (Lipinski definition) is 1. The molecule has 1 N–H and O–H groups in total. The molecule has 4 rings (SSSR count). The van der Waals surface area contributed by atoms with Gasteiger partial charge in [0.25, 0.3) is 0 Å². The Morgan fingerprint density at radius 2 is 1.73 bits per heavy atom. The maximum atomic E-state index is 3.76. The summed E-state index contributed by atoms with van der Waals surface area (Å²) in [5, 5.41) is 1.40. The molecule has 0 spiro atoms. The van der Waals surface area contributed by atoms with Crippen LogP contribution in [-0.2, 0) is 6.42 Å². The normalized spacial score (nSPS) is 18.0. The molecule has 1 aliphatic heterocycles. The highest BCUT2D eigenvalue weighted by atomic mass is 15.2. The summed E-state index contributed by atoms with van der Waals surface area (Å²) in [7, 11) is 0. The molecule has 0 radical (unpaired) electrons. The van der Waals surface area contributed by atoms with E-state index in [0.717, 1.165) is 19.5 Å². The molecule has 2 aromatic carbocycles. The number of aromatic amines is 1. The third-order valence-electron chi connectivity index (χ3n) is 5.65. The van der Waals surface area contributed by atoms with E-state index in [1.807, 2.05) is 0 Å². The van der Waals surface area contributed by atoms with Gasteiger partial charge < -0.3 is 4.98 Å². The fraction of sp³-hybridized carbons (Fsp3) is 0.417. The summed E-state index contributed by atoms with van der Waals surface area (Å²) in [6.45, 7) is 11.4. The number of H-pyrrole nitrogens is 1. The lowest BCUT2D eigenvalue weighted by molar-refractivity contribution is 0.188. The van der Waals surface area contributed by atoms with Crippen LogP contribution >= 0.6 is 0 Å². The van der Waals surface area contributed by atoms with Crippen LogP contribution in [0.1, 0.15) is 62.0 Å². The zero-order valence-corrected chi connectivity index (χ0v) is 16.4. The Morgan fingerprint density at radius 3 is 2.42 bits per heavy atom. The second-order valence-electron chi connectivity index (χ2n) is 8.43. The van der Waals surface area contributed by atoms with Crippen LogP contribution in [0.25, 0.3) is 10.9 Å². The lowest BCUT2D eigenvalue weighted by Gasteiger charge is -2.37. The van der Waals surface area contributed by atoms with Crippen molar-refractivity contribution in [3.63, 3.8) is 0 Å². The number of benzene rings is 2. The van der Waals surface area contributed by atoms with E-state index < -0.39 is 0 Å². The lowest BCUT2D eigenvalue weighted by atomic mass is 9.90. The molecule has 0 fully saturated rings. The van der Waals surface area contributed by atoms with E-state index in [0.29, 0.717) is 17.9 Å². The molecule has 136 valence electrons. The van der Waals surface area contributed by atoms with Crippen molar-refractivity contribution in [3.05, 3.63) is 70.9 Å². The van der Waals surface area contributed by atoms with Crippen LogP contribution in [0.3, 0.4) is 0 Å². The molecule has 0 saturated carbocycles. The molecule has 1 aromatic heterocycles. The van der Waals surface area contributed by atoms with E-state index in [-0.39, 0.29) is 0 Å². The van der Waals surface area contributed by atoms with Crippen molar-refractivity contribution >= 4 is 10.9 Å². The molecule has 26 heavy (non-hydrogen) atoms. The molecule has 0 aliphatic carbocycles. The minimum Gasteiger partial charge on any atom is -0.357 e. The van der Waals surface area contributed by atoms with Gasteiger partial charge in [-0.25, -0.2) is 0 Å². The van der Waals surface area contributed by atoms with Crippen molar-refractivity contribution in [1.29, 1.82) is 0 Å². The molecule has 1 aliphatic rings. The highest BCUT2D eigenvalue weighted by Crippen LogP contribution is 2.38. The Bertz CT molecular complexity index is 886. The van der Waals surface area contributed by atoms with E-state index in [1.165, 1.54) is 33.3 Å². The molecule has 2 heteroatoms. The topological polar surface area (TPSA) is 19.0 Å². The predicted octanol–water partition coefficient (Wildman–Crippen LogP) is 5.89. The van der Waals surface area contributed by atoms with Gasteiger partial charge in [-0.2, -0.15) is 0 Å². The van der Waals surface area contributed by atoms with Crippen molar-refractivity contribution in [2.45, 2.75) is 46.1 Å². The van der Waals surface area contributed by atoms with Gasteiger partial charge in [0.05, 0.1) is 6.04 Å². The van der Waals surface area contributed by atoms with Gasteiger partial charge in [0.2, 0.25) is 0 Å². The summed E-state index contributed by atoms with van der Waals surface area (Å²) in [5.74, 6) is 1.24. The number of aromatic nitrogens is 1. The second-order valence-corrected chi connectivity index (χ2v) is 8.43. The largest absolute Gasteiger partial charge is 0.357 e. The molecular formula is C24H30N2. The van der Waals surface area contributed by atoms with Crippen LogP contribution in [0, 0.1) is 5.92 Å². The first kappa shape index (κ1) is 17.4. The van der Waals surface area contributed by atoms with Crippen molar-refractivity contribution in [3.8, 4) is 0 Å². The minimum absolute atomic E-state index is 0.328. The fourth-order valence-corrected chi connectivity index (χ4v) is 4.40. The molecular weight excluding hydrogens is 316 g/mol. The van der Waals surface area contributed by atoms with E-state index >= 15 is 0 Å². The van der Waals surface area contributed by atoms with Crippen molar-refractivity contribution in [2.24, 2.45) is 5.92 Å². The molecule has 1 atom stereocenters. The Kier molecular flexibility index (Phi) is 4.62. The zero-order chi connectivity index (χ0) is 18.3. The first-order valence-electron chi connectivity index (χ1n) is 9.98. The Hall–Kier alpha value is -2.06. The second kappa shape index (κ2) is 6.92. The highest BCUT2D eigenvalue weighted by molar-refractivity contribution is 5.85. The van der Waals surface area contributed by atoms with Crippen LogP contribution < -0.4 is 0 Å². The maximum Gasteiger partial charge on any atom is 0.0757 e. The minimum atomic E-state index is 0.328. The molecule has 3 aromatic rings. The third-order valence-corrected chi connectivity index (χ3v) is 5.65. The van der Waals surface area contributed by atoms with Crippen LogP contribution in [0.2, 0.25) is 0 Å². The van der Waals surface area contributed by atoms with Gasteiger partial charge in [0, 0.05) is 29.7 Å². The monoisotopic (exact) mass is 346 g/mol. The Balaban J connectivity index is 1.81. The SMILES string of the molecule is CC(C)CN1CCc2c([nH]c3ccccc23)C1c1ccc(C(C)C)cc1. The van der Waals surface area contributed by atoms with Crippen LogP contribution in [0.15, 0.2) is 48.5 Å². The van der Waals surface area contributed by atoms with E-state index in [1.54, 1.807) is 0 Å². The number of rotatable bonds is 4. The van der Waals surface area contributed by atoms with E-state index in [2.05, 4.69) is 86.1 Å². The van der Waals surface area contributed by atoms with E-state index in [4.69, 9.17) is 0 Å². The van der Waals surface area contributed by atoms with Crippen molar-refractivity contribution in [1.82, 2.24) is 9.88 Å². The molecule has 1 unspecified atom stereocenters. The van der Waals surface area contributed by atoms with Crippen LogP contribution in [-0.4, -0.2) is 23.0 Å². The maximum absolute atomic E-state index is 3.76. The van der Waals surface area contributed by atoms with Gasteiger partial charge in [-0.05, 0) is 41.0 Å². The summed E-state index contributed by atoms with van der Waals surface area (Å²) < 4.78 is 0. The molecule has 2 heterocycles. The molecule has 0 amide bonds. The Labute approximate surface area is 157 Å². The first-order chi connectivity index (χ1) is 12.5.